The van der Waals surface area contributed by atoms with Gasteiger partial charge in [-0.25, -0.2) is 0 Å². The second-order valence-electron chi connectivity index (χ2n) is 17.9. The van der Waals surface area contributed by atoms with Gasteiger partial charge < -0.3 is 9.80 Å². The Kier molecular flexibility index (Phi) is 28.1. The van der Waals surface area contributed by atoms with Crippen molar-refractivity contribution >= 4 is 0 Å². The molecule has 2 aromatic rings. The predicted molar refractivity (Wildman–Crippen MR) is 249 cm³/mol. The fraction of sp³-hybridized carbons (Fsp3) is 0.741. The highest BCUT2D eigenvalue weighted by molar-refractivity contribution is 5.30. The summed E-state index contributed by atoms with van der Waals surface area (Å²) < 4.78 is 0. The lowest BCUT2D eigenvalue weighted by molar-refractivity contribution is -0.00378. The maximum absolute atomic E-state index is 2.80. The highest BCUT2D eigenvalue weighted by Crippen LogP contribution is 2.45. The van der Waals surface area contributed by atoms with E-state index in [0.29, 0.717) is 5.92 Å². The quantitative estimate of drug-likeness (QED) is 0.0628. The molecule has 1 aliphatic rings. The van der Waals surface area contributed by atoms with Gasteiger partial charge in [0.2, 0.25) is 0 Å². The minimum absolute atomic E-state index is 0.0664. The Morgan fingerprint density at radius 2 is 0.679 bits per heavy atom. The van der Waals surface area contributed by atoms with E-state index in [1.54, 1.807) is 0 Å². The number of benzene rings is 2. The van der Waals surface area contributed by atoms with Gasteiger partial charge in [-0.05, 0) is 30.4 Å². The van der Waals surface area contributed by atoms with Gasteiger partial charge in [0.1, 0.15) is 5.66 Å². The third kappa shape index (κ3) is 19.5. The first-order valence-electron chi connectivity index (χ1n) is 25.1. The fourth-order valence-electron chi connectivity index (χ4n) is 9.74. The van der Waals surface area contributed by atoms with Gasteiger partial charge in [0, 0.05) is 37.8 Å². The van der Waals surface area contributed by atoms with Crippen molar-refractivity contribution in [3.05, 3.63) is 84.2 Å². The SMILES string of the molecule is CCCCCCCCCCCCCCCCCCCN1C=CN(CCCCCCCCCCCCCCCC)C1(Cc1ccccc1)C(CC)c1ccccc1. The van der Waals surface area contributed by atoms with Gasteiger partial charge >= 0.3 is 0 Å². The average molecular weight is 769 g/mol. The third-order valence-electron chi connectivity index (χ3n) is 13.2. The summed E-state index contributed by atoms with van der Waals surface area (Å²) in [7, 11) is 0. The Labute approximate surface area is 350 Å². The highest BCUT2D eigenvalue weighted by Gasteiger charge is 2.49. The normalized spacial score (nSPS) is 16.0. The molecule has 0 aliphatic carbocycles. The van der Waals surface area contributed by atoms with Crippen LogP contribution in [0.2, 0.25) is 0 Å². The van der Waals surface area contributed by atoms with Crippen molar-refractivity contribution < 1.29 is 0 Å². The molecule has 0 radical (unpaired) electrons. The molecule has 0 amide bonds. The zero-order valence-electron chi connectivity index (χ0n) is 37.6. The molecule has 318 valence electrons. The first kappa shape index (κ1) is 48.2. The molecule has 0 saturated heterocycles. The van der Waals surface area contributed by atoms with Gasteiger partial charge in [-0.1, -0.05) is 268 Å². The topological polar surface area (TPSA) is 6.48 Å². The zero-order chi connectivity index (χ0) is 39.6. The summed E-state index contributed by atoms with van der Waals surface area (Å²) in [5.74, 6) is 0.441. The number of hydrogen-bond donors (Lipinski definition) is 0. The molecule has 0 bridgehead atoms. The second-order valence-corrected chi connectivity index (χ2v) is 17.9. The standard InChI is InChI=1S/C54H92N2/c1-4-7-9-11-13-15-17-19-21-22-23-25-27-29-31-33-41-47-56-49-48-55(46-40-32-30-28-26-24-20-18-16-14-12-10-8-5-2)54(56,50-51-42-36-34-37-43-51)53(6-3)52-44-38-35-39-45-52/h34-39,42-45,48-49,53H,4-33,40-41,46-47,50H2,1-3H3. The molecule has 56 heavy (non-hydrogen) atoms. The van der Waals surface area contributed by atoms with Crippen LogP contribution in [0, 0.1) is 0 Å². The van der Waals surface area contributed by atoms with Crippen LogP contribution in [0.25, 0.3) is 0 Å². The van der Waals surface area contributed by atoms with Crippen LogP contribution in [-0.4, -0.2) is 28.6 Å². The predicted octanol–water partition coefficient (Wildman–Crippen LogP) is 17.3. The van der Waals surface area contributed by atoms with Crippen LogP contribution in [0.5, 0.6) is 0 Å². The number of nitrogens with zero attached hydrogens (tertiary/aromatic N) is 2. The summed E-state index contributed by atoms with van der Waals surface area (Å²) >= 11 is 0. The molecule has 0 saturated carbocycles. The fourth-order valence-corrected chi connectivity index (χ4v) is 9.74. The molecule has 0 N–H and O–H groups in total. The van der Waals surface area contributed by atoms with Crippen LogP contribution in [0.15, 0.2) is 73.1 Å². The smallest absolute Gasteiger partial charge is 0.123 e. The molecular weight excluding hydrogens is 677 g/mol. The van der Waals surface area contributed by atoms with E-state index < -0.39 is 0 Å². The summed E-state index contributed by atoms with van der Waals surface area (Å²) in [6.07, 6.45) is 51.2. The third-order valence-corrected chi connectivity index (χ3v) is 13.2. The van der Waals surface area contributed by atoms with E-state index in [1.165, 1.54) is 210 Å². The van der Waals surface area contributed by atoms with Crippen molar-refractivity contribution in [3.8, 4) is 0 Å². The van der Waals surface area contributed by atoms with E-state index in [9.17, 15) is 0 Å². The molecule has 0 spiro atoms. The van der Waals surface area contributed by atoms with Crippen LogP contribution >= 0.6 is 0 Å². The maximum Gasteiger partial charge on any atom is 0.123 e. The van der Waals surface area contributed by atoms with Crippen LogP contribution in [-0.2, 0) is 6.42 Å². The Bertz CT molecular complexity index is 1160. The van der Waals surface area contributed by atoms with E-state index in [-0.39, 0.29) is 5.66 Å². The maximum atomic E-state index is 2.80. The first-order valence-corrected chi connectivity index (χ1v) is 25.1. The lowest BCUT2D eigenvalue weighted by atomic mass is 9.78. The largest absolute Gasteiger partial charge is 0.353 e. The van der Waals surface area contributed by atoms with Gasteiger partial charge in [-0.3, -0.25) is 0 Å². The van der Waals surface area contributed by atoms with Crippen LogP contribution < -0.4 is 0 Å². The van der Waals surface area contributed by atoms with Crippen LogP contribution in [0.4, 0.5) is 0 Å². The molecule has 2 unspecified atom stereocenters. The second kappa shape index (κ2) is 32.7. The van der Waals surface area contributed by atoms with Crippen molar-refractivity contribution in [2.24, 2.45) is 0 Å². The van der Waals surface area contributed by atoms with Crippen LogP contribution in [0.3, 0.4) is 0 Å². The zero-order valence-corrected chi connectivity index (χ0v) is 37.6. The van der Waals surface area contributed by atoms with Crippen LogP contribution in [0.1, 0.15) is 243 Å². The van der Waals surface area contributed by atoms with E-state index in [2.05, 4.69) is 104 Å². The number of rotatable bonds is 38. The van der Waals surface area contributed by atoms with E-state index in [1.807, 2.05) is 0 Å². The van der Waals surface area contributed by atoms with E-state index in [0.717, 1.165) is 25.9 Å². The van der Waals surface area contributed by atoms with Crippen molar-refractivity contribution in [1.29, 1.82) is 0 Å². The number of hydrogen-bond acceptors (Lipinski definition) is 2. The summed E-state index contributed by atoms with van der Waals surface area (Å²) in [5.41, 5.74) is 2.89. The monoisotopic (exact) mass is 769 g/mol. The molecule has 2 nitrogen and oxygen atoms in total. The van der Waals surface area contributed by atoms with Gasteiger partial charge in [-0.2, -0.15) is 0 Å². The first-order chi connectivity index (χ1) is 27.8. The van der Waals surface area contributed by atoms with Crippen molar-refractivity contribution in [1.82, 2.24) is 9.80 Å². The molecule has 3 rings (SSSR count). The lowest BCUT2D eigenvalue weighted by Gasteiger charge is -2.51. The Balaban J connectivity index is 1.46. The van der Waals surface area contributed by atoms with Crippen molar-refractivity contribution in [2.45, 2.75) is 244 Å². The van der Waals surface area contributed by atoms with Gasteiger partial charge in [-0.15, -0.1) is 0 Å². The molecule has 0 fully saturated rings. The molecular formula is C54H92N2. The highest BCUT2D eigenvalue weighted by atomic mass is 15.4. The molecule has 2 aromatic carbocycles. The summed E-state index contributed by atoms with van der Waals surface area (Å²) in [6.45, 7) is 9.36. The van der Waals surface area contributed by atoms with Gasteiger partial charge in [0.15, 0.2) is 0 Å². The van der Waals surface area contributed by atoms with Gasteiger partial charge in [0.25, 0.3) is 0 Å². The molecule has 2 atom stereocenters. The number of unbranched alkanes of at least 4 members (excludes halogenated alkanes) is 29. The molecule has 0 aromatic heterocycles. The summed E-state index contributed by atoms with van der Waals surface area (Å²) in [4.78, 5) is 5.60. The molecule has 1 heterocycles. The summed E-state index contributed by atoms with van der Waals surface area (Å²) in [6, 6.07) is 22.9. The van der Waals surface area contributed by atoms with E-state index >= 15 is 0 Å². The summed E-state index contributed by atoms with van der Waals surface area (Å²) in [5, 5.41) is 0. The average Bonchev–Trinajstić information content (AvgIpc) is 3.56. The van der Waals surface area contributed by atoms with Crippen molar-refractivity contribution in [2.75, 3.05) is 13.1 Å². The van der Waals surface area contributed by atoms with Crippen molar-refractivity contribution in [3.63, 3.8) is 0 Å². The minimum atomic E-state index is -0.0664. The molecule has 1 aliphatic heterocycles. The van der Waals surface area contributed by atoms with E-state index in [4.69, 9.17) is 0 Å². The van der Waals surface area contributed by atoms with Gasteiger partial charge in [0.05, 0.1) is 0 Å². The minimum Gasteiger partial charge on any atom is -0.353 e. The molecule has 2 heteroatoms. The Morgan fingerprint density at radius 3 is 1.00 bits per heavy atom. The Hall–Kier alpha value is -2.22. The lowest BCUT2D eigenvalue weighted by Crippen LogP contribution is -2.59. The Morgan fingerprint density at radius 1 is 0.375 bits per heavy atom.